The van der Waals surface area contributed by atoms with Gasteiger partial charge in [-0.1, -0.05) is 12.2 Å². The zero-order chi connectivity index (χ0) is 24.5. The van der Waals surface area contributed by atoms with Gasteiger partial charge in [0.25, 0.3) is 5.91 Å². The molecular formula is C22H27FN6O2S3. The number of amides is 1. The van der Waals surface area contributed by atoms with Crippen LogP contribution in [0.4, 0.5) is 9.52 Å². The van der Waals surface area contributed by atoms with Crippen LogP contribution in [0.25, 0.3) is 0 Å². The Morgan fingerprint density at radius 2 is 2.18 bits per heavy atom. The molecule has 2 N–H and O–H groups in total. The number of aliphatic imine (C=N–C) groups is 2. The zero-order valence-corrected chi connectivity index (χ0v) is 21.8. The predicted molar refractivity (Wildman–Crippen MR) is 143 cm³/mol. The van der Waals surface area contributed by atoms with E-state index in [0.29, 0.717) is 40.5 Å². The first-order chi connectivity index (χ1) is 16.4. The maximum atomic E-state index is 13.4. The van der Waals surface area contributed by atoms with Gasteiger partial charge in [0.15, 0.2) is 10.3 Å². The number of carbonyl (C=O) groups excluding carboxylic acids is 1. The van der Waals surface area contributed by atoms with Gasteiger partial charge in [0.1, 0.15) is 16.6 Å². The molecule has 8 nitrogen and oxygen atoms in total. The molecule has 182 valence electrons. The smallest absolute Gasteiger partial charge is 0.273 e. The van der Waals surface area contributed by atoms with Crippen molar-refractivity contribution in [2.45, 2.75) is 43.8 Å². The van der Waals surface area contributed by atoms with Gasteiger partial charge in [-0.3, -0.25) is 20.5 Å². The highest BCUT2D eigenvalue weighted by atomic mass is 32.2. The number of halogens is 1. The molecule has 1 aromatic rings. The number of hydrazone groups is 1. The summed E-state index contributed by atoms with van der Waals surface area (Å²) in [5.41, 5.74) is 4.92. The standard InChI is InChI=1S/C22H27FN6O2S3/c1-13(2)28-29-21(24-3)34-18-10-9-17(33-16-7-5-14(23)6-8-16)19(26-18)20(30)27-22-25-15(11-31-4)12-32-22/h5-7,10,12,16-17H,8-9,11H2,1-4H3,(H,24,29)(H,25,27,30). The Balaban J connectivity index is 1.77. The number of nitrogens with zero attached hydrogens (tertiary/aromatic N) is 4. The lowest BCUT2D eigenvalue weighted by molar-refractivity contribution is -0.110. The number of rotatable bonds is 8. The van der Waals surface area contributed by atoms with Crippen molar-refractivity contribution in [3.05, 3.63) is 46.2 Å². The van der Waals surface area contributed by atoms with Crippen LogP contribution in [0, 0.1) is 0 Å². The molecule has 1 aliphatic heterocycles. The number of hydrogen-bond acceptors (Lipinski definition) is 9. The molecule has 2 unspecified atom stereocenters. The van der Waals surface area contributed by atoms with Gasteiger partial charge >= 0.3 is 0 Å². The van der Waals surface area contributed by atoms with Gasteiger partial charge in [-0.25, -0.2) is 14.4 Å². The average Bonchev–Trinajstić information content (AvgIpc) is 3.25. The second-order valence-corrected chi connectivity index (χ2v) is 10.8. The Kier molecular flexibility index (Phi) is 10.1. The van der Waals surface area contributed by atoms with E-state index in [4.69, 9.17) is 4.74 Å². The highest BCUT2D eigenvalue weighted by Crippen LogP contribution is 2.34. The van der Waals surface area contributed by atoms with E-state index in [9.17, 15) is 9.18 Å². The molecule has 3 rings (SSSR count). The second-order valence-electron chi connectivity index (χ2n) is 7.45. The van der Waals surface area contributed by atoms with Crippen molar-refractivity contribution in [1.29, 1.82) is 0 Å². The lowest BCUT2D eigenvalue weighted by Crippen LogP contribution is -2.34. The lowest BCUT2D eigenvalue weighted by Gasteiger charge is -2.25. The Morgan fingerprint density at radius 1 is 1.35 bits per heavy atom. The first kappa shape index (κ1) is 26.3. The molecule has 0 radical (unpaired) electrons. The molecule has 0 spiro atoms. The zero-order valence-electron chi connectivity index (χ0n) is 19.4. The number of thioether (sulfide) groups is 2. The van der Waals surface area contributed by atoms with Crippen LogP contribution >= 0.6 is 34.9 Å². The maximum Gasteiger partial charge on any atom is 0.273 e. The van der Waals surface area contributed by atoms with Crippen molar-refractivity contribution in [3.63, 3.8) is 0 Å². The number of aromatic nitrogens is 1. The largest absolute Gasteiger partial charge is 0.378 e. The van der Waals surface area contributed by atoms with Crippen molar-refractivity contribution < 1.29 is 13.9 Å². The van der Waals surface area contributed by atoms with Crippen LogP contribution in [-0.2, 0) is 16.1 Å². The number of anilines is 1. The summed E-state index contributed by atoms with van der Waals surface area (Å²) in [5, 5.41) is 10.5. The van der Waals surface area contributed by atoms with Crippen molar-refractivity contribution in [2.75, 3.05) is 19.5 Å². The third-order valence-corrected chi connectivity index (χ3v) is 7.66. The summed E-state index contributed by atoms with van der Waals surface area (Å²) in [5.74, 6) is -0.543. The fourth-order valence-corrected chi connectivity index (χ4v) is 5.63. The van der Waals surface area contributed by atoms with Gasteiger partial charge in [0, 0.05) is 30.5 Å². The minimum Gasteiger partial charge on any atom is -0.378 e. The third-order valence-electron chi connectivity index (χ3n) is 4.47. The summed E-state index contributed by atoms with van der Waals surface area (Å²) in [6.07, 6.45) is 8.02. The summed E-state index contributed by atoms with van der Waals surface area (Å²) < 4.78 is 18.5. The van der Waals surface area contributed by atoms with Crippen molar-refractivity contribution in [2.24, 2.45) is 15.1 Å². The summed E-state index contributed by atoms with van der Waals surface area (Å²) in [4.78, 5) is 26.5. The van der Waals surface area contributed by atoms with E-state index in [1.807, 2.05) is 31.4 Å². The number of allylic oxidation sites excluding steroid dienone is 4. The Bertz CT molecular complexity index is 1070. The molecule has 1 aromatic heterocycles. The van der Waals surface area contributed by atoms with Crippen molar-refractivity contribution >= 4 is 62.5 Å². The average molecular weight is 523 g/mol. The SMILES string of the molecule is CN=C(NN=C(C)C)SC1=CCC(SC2C=CC(F)=CC2)C(C(=O)Nc2nc(COC)cs2)=N1. The van der Waals surface area contributed by atoms with Crippen LogP contribution in [0.15, 0.2) is 55.6 Å². The molecule has 0 aromatic carbocycles. The minimum atomic E-state index is -0.311. The highest BCUT2D eigenvalue weighted by molar-refractivity contribution is 8.17. The summed E-state index contributed by atoms with van der Waals surface area (Å²) in [7, 11) is 3.26. The number of hydrogen-bond donors (Lipinski definition) is 2. The van der Waals surface area contributed by atoms with Gasteiger partial charge in [-0.2, -0.15) is 5.10 Å². The number of amidine groups is 1. The number of methoxy groups -OCH3 is 1. The van der Waals surface area contributed by atoms with E-state index in [2.05, 4.69) is 30.8 Å². The van der Waals surface area contributed by atoms with Crippen LogP contribution in [0.2, 0.25) is 0 Å². The molecule has 34 heavy (non-hydrogen) atoms. The fourth-order valence-electron chi connectivity index (χ4n) is 2.94. The van der Waals surface area contributed by atoms with E-state index in [0.717, 1.165) is 11.4 Å². The molecule has 0 saturated carbocycles. The second kappa shape index (κ2) is 13.0. The molecule has 12 heteroatoms. The quantitative estimate of drug-likeness (QED) is 0.286. The Morgan fingerprint density at radius 3 is 2.85 bits per heavy atom. The molecule has 1 aliphatic carbocycles. The van der Waals surface area contributed by atoms with Crippen LogP contribution < -0.4 is 10.7 Å². The Hall–Kier alpha value is -2.28. The molecule has 2 aliphatic rings. The highest BCUT2D eigenvalue weighted by Gasteiger charge is 2.30. The van der Waals surface area contributed by atoms with Gasteiger partial charge < -0.3 is 4.74 Å². The number of thiazole rings is 1. The topological polar surface area (TPSA) is 100 Å². The van der Waals surface area contributed by atoms with Gasteiger partial charge in [-0.05, 0) is 50.6 Å². The van der Waals surface area contributed by atoms with E-state index >= 15 is 0 Å². The molecule has 2 heterocycles. The number of nitrogens with one attached hydrogen (secondary N) is 2. The molecule has 2 atom stereocenters. The van der Waals surface area contributed by atoms with E-state index < -0.39 is 0 Å². The van der Waals surface area contributed by atoms with Crippen LogP contribution in [0.1, 0.15) is 32.4 Å². The van der Waals surface area contributed by atoms with Crippen LogP contribution in [0.5, 0.6) is 0 Å². The third kappa shape index (κ3) is 7.90. The molecular weight excluding hydrogens is 495 g/mol. The van der Waals surface area contributed by atoms with E-state index in [1.165, 1.54) is 29.2 Å². The fraction of sp³-hybridized carbons (Fsp3) is 0.409. The number of ether oxygens (including phenoxy) is 1. The van der Waals surface area contributed by atoms with Crippen LogP contribution in [-0.4, -0.2) is 52.1 Å². The molecule has 0 fully saturated rings. The number of carbonyl (C=O) groups is 1. The van der Waals surface area contributed by atoms with Crippen LogP contribution in [0.3, 0.4) is 0 Å². The Labute approximate surface area is 211 Å². The predicted octanol–water partition coefficient (Wildman–Crippen LogP) is 4.90. The first-order valence-corrected chi connectivity index (χ1v) is 13.2. The molecule has 1 amide bonds. The summed E-state index contributed by atoms with van der Waals surface area (Å²) in [6, 6.07) is 0. The summed E-state index contributed by atoms with van der Waals surface area (Å²) >= 11 is 4.24. The van der Waals surface area contributed by atoms with E-state index in [-0.39, 0.29) is 22.2 Å². The maximum absolute atomic E-state index is 13.4. The van der Waals surface area contributed by atoms with Crippen molar-refractivity contribution in [3.8, 4) is 0 Å². The molecule has 0 saturated heterocycles. The van der Waals surface area contributed by atoms with E-state index in [1.54, 1.807) is 32.0 Å². The van der Waals surface area contributed by atoms with Crippen molar-refractivity contribution in [1.82, 2.24) is 10.4 Å². The first-order valence-electron chi connectivity index (χ1n) is 10.5. The van der Waals surface area contributed by atoms with Gasteiger partial charge in [0.05, 0.1) is 17.6 Å². The van der Waals surface area contributed by atoms with Gasteiger partial charge in [0.2, 0.25) is 0 Å². The monoisotopic (exact) mass is 522 g/mol. The molecule has 0 bridgehead atoms. The normalized spacial score (nSPS) is 20.3. The minimum absolute atomic E-state index is 0.0644. The summed E-state index contributed by atoms with van der Waals surface area (Å²) in [6.45, 7) is 4.13. The lowest BCUT2D eigenvalue weighted by atomic mass is 10.1. The van der Waals surface area contributed by atoms with Gasteiger partial charge in [-0.15, -0.1) is 23.1 Å².